The van der Waals surface area contributed by atoms with Crippen molar-refractivity contribution >= 4 is 23.2 Å². The fourth-order valence-corrected chi connectivity index (χ4v) is 0.146. The van der Waals surface area contributed by atoms with Crippen molar-refractivity contribution in [2.24, 2.45) is 0 Å². The third-order valence-corrected chi connectivity index (χ3v) is 1.52. The zero-order valence-electron chi connectivity index (χ0n) is 4.36. The van der Waals surface area contributed by atoms with Gasteiger partial charge in [-0.25, -0.2) is 0 Å². The molecule has 62 valence electrons. The lowest BCUT2D eigenvalue weighted by atomic mass is 10.4. The Hall–Kier alpha value is 0.290. The maximum Gasteiger partial charge on any atom is 0.426 e. The predicted molar refractivity (Wildman–Crippen MR) is 28.7 cm³/mol. The number of hydrogen-bond donors (Lipinski definition) is 2. The Balaban J connectivity index is 4.40. The van der Waals surface area contributed by atoms with Crippen LogP contribution in [0.5, 0.6) is 0 Å². The SMILES string of the molecule is OC(O)C(Cl)(Cl)C(F)(F)F. The fraction of sp³-hybridized carbons (Fsp3) is 1.00. The first kappa shape index (κ1) is 10.3. The monoisotopic (exact) mass is 198 g/mol. The number of aliphatic hydroxyl groups is 2. The van der Waals surface area contributed by atoms with Crippen LogP contribution in [0.15, 0.2) is 0 Å². The van der Waals surface area contributed by atoms with Gasteiger partial charge in [-0.15, -0.1) is 0 Å². The van der Waals surface area contributed by atoms with Gasteiger partial charge < -0.3 is 10.2 Å². The average molecular weight is 199 g/mol. The lowest BCUT2D eigenvalue weighted by Crippen LogP contribution is -2.44. The van der Waals surface area contributed by atoms with Crippen LogP contribution in [0.4, 0.5) is 13.2 Å². The first-order valence-corrected chi connectivity index (χ1v) is 2.76. The lowest BCUT2D eigenvalue weighted by molar-refractivity contribution is -0.197. The van der Waals surface area contributed by atoms with Crippen LogP contribution >= 0.6 is 23.2 Å². The molecule has 0 saturated heterocycles. The molecule has 0 heterocycles. The summed E-state index contributed by atoms with van der Waals surface area (Å²) in [5, 5.41) is 16.0. The van der Waals surface area contributed by atoms with Gasteiger partial charge in [0.1, 0.15) is 0 Å². The molecule has 0 radical (unpaired) electrons. The van der Waals surface area contributed by atoms with E-state index < -0.39 is 16.8 Å². The van der Waals surface area contributed by atoms with Crippen LogP contribution in [0, 0.1) is 0 Å². The van der Waals surface area contributed by atoms with E-state index in [1.165, 1.54) is 0 Å². The first-order valence-electron chi connectivity index (χ1n) is 2.00. The van der Waals surface area contributed by atoms with Gasteiger partial charge in [0.05, 0.1) is 0 Å². The third-order valence-electron chi connectivity index (χ3n) is 0.702. The highest BCUT2D eigenvalue weighted by atomic mass is 35.5. The smallest absolute Gasteiger partial charge is 0.365 e. The number of hydrogen-bond acceptors (Lipinski definition) is 2. The van der Waals surface area contributed by atoms with Gasteiger partial charge in [-0.05, 0) is 0 Å². The highest BCUT2D eigenvalue weighted by Gasteiger charge is 2.57. The Bertz CT molecular complexity index is 121. The van der Waals surface area contributed by atoms with E-state index in [4.69, 9.17) is 10.2 Å². The van der Waals surface area contributed by atoms with E-state index in [-0.39, 0.29) is 0 Å². The Morgan fingerprint density at radius 1 is 1.10 bits per heavy atom. The van der Waals surface area contributed by atoms with Crippen molar-refractivity contribution in [1.29, 1.82) is 0 Å². The van der Waals surface area contributed by atoms with Gasteiger partial charge in [0.25, 0.3) is 4.33 Å². The van der Waals surface area contributed by atoms with Crippen molar-refractivity contribution in [3.8, 4) is 0 Å². The molecule has 0 unspecified atom stereocenters. The predicted octanol–water partition coefficient (Wildman–Crippen LogP) is 1.03. The second-order valence-corrected chi connectivity index (χ2v) is 2.88. The van der Waals surface area contributed by atoms with E-state index in [9.17, 15) is 13.2 Å². The third kappa shape index (κ3) is 1.88. The minimum atomic E-state index is -5.05. The Labute approximate surface area is 64.2 Å². The summed E-state index contributed by atoms with van der Waals surface area (Å²) in [7, 11) is 0. The van der Waals surface area contributed by atoms with Crippen molar-refractivity contribution in [1.82, 2.24) is 0 Å². The summed E-state index contributed by atoms with van der Waals surface area (Å²) >= 11 is 8.98. The zero-order chi connectivity index (χ0) is 8.58. The molecular formula is C3H3Cl2F3O2. The summed E-state index contributed by atoms with van der Waals surface area (Å²) in [4.78, 5) is 0. The van der Waals surface area contributed by atoms with Gasteiger partial charge in [0, 0.05) is 0 Å². The molecule has 10 heavy (non-hydrogen) atoms. The van der Waals surface area contributed by atoms with Crippen molar-refractivity contribution in [2.75, 3.05) is 0 Å². The van der Waals surface area contributed by atoms with Crippen LogP contribution in [0.2, 0.25) is 0 Å². The number of halogens is 5. The summed E-state index contributed by atoms with van der Waals surface area (Å²) in [5.41, 5.74) is 0. The van der Waals surface area contributed by atoms with Crippen LogP contribution in [-0.4, -0.2) is 27.0 Å². The number of aliphatic hydroxyl groups excluding tert-OH is 1. The second kappa shape index (κ2) is 2.73. The molecule has 2 N–H and O–H groups in total. The van der Waals surface area contributed by atoms with E-state index in [1.54, 1.807) is 0 Å². The Morgan fingerprint density at radius 2 is 1.40 bits per heavy atom. The molecule has 0 saturated carbocycles. The van der Waals surface area contributed by atoms with Crippen LogP contribution in [0.25, 0.3) is 0 Å². The standard InChI is InChI=1S/C3H3Cl2F3O2/c4-2(5,1(9)10)3(6,7)8/h1,9-10H. The molecule has 0 aliphatic rings. The van der Waals surface area contributed by atoms with Gasteiger partial charge in [0.2, 0.25) is 0 Å². The van der Waals surface area contributed by atoms with Crippen LogP contribution in [-0.2, 0) is 0 Å². The summed E-state index contributed by atoms with van der Waals surface area (Å²) in [6, 6.07) is 0. The summed E-state index contributed by atoms with van der Waals surface area (Å²) in [6.45, 7) is 0. The molecule has 7 heteroatoms. The molecule has 2 nitrogen and oxygen atoms in total. The summed E-state index contributed by atoms with van der Waals surface area (Å²) < 4.78 is 31.0. The molecule has 0 aliphatic heterocycles. The molecule has 0 rings (SSSR count). The average Bonchev–Trinajstić information content (AvgIpc) is 1.62. The van der Waals surface area contributed by atoms with Gasteiger partial charge in [0.15, 0.2) is 6.29 Å². The lowest BCUT2D eigenvalue weighted by Gasteiger charge is -2.23. The van der Waals surface area contributed by atoms with Crippen LogP contribution in [0.3, 0.4) is 0 Å². The quantitative estimate of drug-likeness (QED) is 0.489. The van der Waals surface area contributed by atoms with Gasteiger partial charge >= 0.3 is 6.18 Å². The maximum absolute atomic E-state index is 11.5. The largest absolute Gasteiger partial charge is 0.426 e. The van der Waals surface area contributed by atoms with E-state index in [2.05, 4.69) is 23.2 Å². The number of alkyl halides is 5. The second-order valence-electron chi connectivity index (χ2n) is 1.49. The minimum Gasteiger partial charge on any atom is -0.365 e. The van der Waals surface area contributed by atoms with Crippen molar-refractivity contribution in [3.63, 3.8) is 0 Å². The van der Waals surface area contributed by atoms with Gasteiger partial charge in [-0.2, -0.15) is 13.2 Å². The molecule has 0 aromatic heterocycles. The van der Waals surface area contributed by atoms with Crippen LogP contribution < -0.4 is 0 Å². The first-order chi connectivity index (χ1) is 4.19. The normalized spacial score (nSPS) is 14.4. The van der Waals surface area contributed by atoms with E-state index in [0.717, 1.165) is 0 Å². The molecular weight excluding hydrogens is 196 g/mol. The fourth-order valence-electron chi connectivity index (χ4n) is 0.146. The molecule has 0 atom stereocenters. The van der Waals surface area contributed by atoms with Crippen molar-refractivity contribution in [3.05, 3.63) is 0 Å². The number of rotatable bonds is 1. The molecule has 0 aromatic rings. The molecule has 0 aliphatic carbocycles. The van der Waals surface area contributed by atoms with Crippen molar-refractivity contribution in [2.45, 2.75) is 16.8 Å². The van der Waals surface area contributed by atoms with Crippen molar-refractivity contribution < 1.29 is 23.4 Å². The zero-order valence-corrected chi connectivity index (χ0v) is 5.87. The highest BCUT2D eigenvalue weighted by Crippen LogP contribution is 2.41. The maximum atomic E-state index is 11.5. The molecule has 0 amide bonds. The summed E-state index contributed by atoms with van der Waals surface area (Å²) in [5.74, 6) is 0. The highest BCUT2D eigenvalue weighted by molar-refractivity contribution is 6.49. The van der Waals surface area contributed by atoms with E-state index in [0.29, 0.717) is 0 Å². The van der Waals surface area contributed by atoms with Gasteiger partial charge in [-0.3, -0.25) is 0 Å². The molecule has 0 aromatic carbocycles. The Morgan fingerprint density at radius 3 is 1.40 bits per heavy atom. The van der Waals surface area contributed by atoms with Gasteiger partial charge in [-0.1, -0.05) is 23.2 Å². The topological polar surface area (TPSA) is 40.5 Å². The Kier molecular flexibility index (Phi) is 2.81. The van der Waals surface area contributed by atoms with E-state index >= 15 is 0 Å². The van der Waals surface area contributed by atoms with Crippen LogP contribution in [0.1, 0.15) is 0 Å². The molecule has 0 spiro atoms. The minimum absolute atomic E-state index is 2.84. The molecule has 0 bridgehead atoms. The summed E-state index contributed by atoms with van der Waals surface area (Å²) in [6.07, 6.45) is -7.89. The molecule has 0 fully saturated rings. The van der Waals surface area contributed by atoms with E-state index in [1.807, 2.05) is 0 Å².